The SMILES string of the molecule is Cn1cc(-c2ccc3oc(CC4CCCC4)nc3c2Oc2ccccc2)c2cc[nH]c2c1=O. The van der Waals surface area contributed by atoms with Crippen LogP contribution in [0.25, 0.3) is 33.1 Å². The zero-order chi connectivity index (χ0) is 22.4. The highest BCUT2D eigenvalue weighted by atomic mass is 16.5. The predicted molar refractivity (Wildman–Crippen MR) is 129 cm³/mol. The van der Waals surface area contributed by atoms with Gasteiger partial charge < -0.3 is 18.7 Å². The minimum Gasteiger partial charge on any atom is -0.454 e. The van der Waals surface area contributed by atoms with Crippen LogP contribution < -0.4 is 10.3 Å². The van der Waals surface area contributed by atoms with E-state index in [-0.39, 0.29) is 5.56 Å². The van der Waals surface area contributed by atoms with Gasteiger partial charge in [0.2, 0.25) is 0 Å². The van der Waals surface area contributed by atoms with Gasteiger partial charge in [-0.2, -0.15) is 0 Å². The van der Waals surface area contributed by atoms with E-state index in [9.17, 15) is 4.79 Å². The van der Waals surface area contributed by atoms with Crippen molar-refractivity contribution >= 4 is 22.0 Å². The summed E-state index contributed by atoms with van der Waals surface area (Å²) in [5.41, 5.74) is 3.71. The van der Waals surface area contributed by atoms with Crippen LogP contribution in [0.2, 0.25) is 0 Å². The lowest BCUT2D eigenvalue weighted by molar-refractivity contribution is 0.448. The number of aryl methyl sites for hydroxylation is 1. The minimum absolute atomic E-state index is 0.0642. The maximum absolute atomic E-state index is 12.6. The Hall–Kier alpha value is -3.80. The first kappa shape index (κ1) is 19.9. The lowest BCUT2D eigenvalue weighted by Crippen LogP contribution is -2.16. The fourth-order valence-electron chi connectivity index (χ4n) is 4.97. The van der Waals surface area contributed by atoms with Crippen LogP contribution in [0.1, 0.15) is 31.6 Å². The van der Waals surface area contributed by atoms with Crippen LogP contribution in [-0.2, 0) is 13.5 Å². The molecule has 0 amide bonds. The van der Waals surface area contributed by atoms with Crippen LogP contribution in [0.15, 0.2) is 70.1 Å². The highest BCUT2D eigenvalue weighted by Gasteiger charge is 2.23. The van der Waals surface area contributed by atoms with Gasteiger partial charge >= 0.3 is 0 Å². The van der Waals surface area contributed by atoms with Gasteiger partial charge in [-0.05, 0) is 49.1 Å². The quantitative estimate of drug-likeness (QED) is 0.354. The van der Waals surface area contributed by atoms with Gasteiger partial charge in [0.05, 0.1) is 0 Å². The van der Waals surface area contributed by atoms with E-state index >= 15 is 0 Å². The number of oxazole rings is 1. The average Bonchev–Trinajstić information content (AvgIpc) is 3.59. The number of aromatic amines is 1. The summed E-state index contributed by atoms with van der Waals surface area (Å²) in [6.07, 6.45) is 9.56. The van der Waals surface area contributed by atoms with Crippen molar-refractivity contribution in [2.75, 3.05) is 0 Å². The smallest absolute Gasteiger partial charge is 0.274 e. The maximum Gasteiger partial charge on any atom is 0.274 e. The van der Waals surface area contributed by atoms with Crippen LogP contribution in [-0.4, -0.2) is 14.5 Å². The molecule has 0 bridgehead atoms. The third kappa shape index (κ3) is 3.52. The molecule has 2 aromatic carbocycles. The minimum atomic E-state index is -0.0642. The van der Waals surface area contributed by atoms with Gasteiger partial charge in [-0.25, -0.2) is 4.98 Å². The number of nitrogens with one attached hydrogen (secondary N) is 1. The molecule has 0 aliphatic heterocycles. The third-order valence-corrected chi connectivity index (χ3v) is 6.64. The van der Waals surface area contributed by atoms with E-state index in [1.165, 1.54) is 25.7 Å². The van der Waals surface area contributed by atoms with E-state index < -0.39 is 0 Å². The molecule has 0 atom stereocenters. The summed E-state index contributed by atoms with van der Waals surface area (Å²) >= 11 is 0. The Kier molecular flexibility index (Phi) is 4.79. The number of fused-ring (bicyclic) bond motifs is 2. The Bertz CT molecular complexity index is 1500. The molecule has 6 nitrogen and oxygen atoms in total. The summed E-state index contributed by atoms with van der Waals surface area (Å²) in [6.45, 7) is 0. The van der Waals surface area contributed by atoms with Crippen molar-refractivity contribution in [3.63, 3.8) is 0 Å². The maximum atomic E-state index is 12.6. The van der Waals surface area contributed by atoms with E-state index in [0.29, 0.717) is 28.3 Å². The Labute approximate surface area is 190 Å². The fourth-order valence-corrected chi connectivity index (χ4v) is 4.97. The number of hydrogen-bond acceptors (Lipinski definition) is 4. The number of aromatic nitrogens is 3. The molecule has 33 heavy (non-hydrogen) atoms. The van der Waals surface area contributed by atoms with Gasteiger partial charge in [-0.15, -0.1) is 0 Å². The number of benzene rings is 2. The van der Waals surface area contributed by atoms with E-state index in [1.807, 2.05) is 54.7 Å². The molecule has 1 aliphatic rings. The van der Waals surface area contributed by atoms with E-state index in [1.54, 1.807) is 17.8 Å². The first-order chi connectivity index (χ1) is 16.2. The van der Waals surface area contributed by atoms with Crippen LogP contribution in [0, 0.1) is 5.92 Å². The van der Waals surface area contributed by atoms with Crippen LogP contribution in [0.3, 0.4) is 0 Å². The normalized spacial score (nSPS) is 14.5. The van der Waals surface area contributed by atoms with E-state index in [2.05, 4.69) is 4.98 Å². The van der Waals surface area contributed by atoms with Crippen molar-refractivity contribution in [2.45, 2.75) is 32.1 Å². The molecule has 1 saturated carbocycles. The highest BCUT2D eigenvalue weighted by Crippen LogP contribution is 2.42. The second kappa shape index (κ2) is 7.96. The Morgan fingerprint density at radius 3 is 2.73 bits per heavy atom. The topological polar surface area (TPSA) is 73.0 Å². The molecule has 0 saturated heterocycles. The van der Waals surface area contributed by atoms with Gasteiger partial charge in [-0.1, -0.05) is 31.0 Å². The van der Waals surface area contributed by atoms with Crippen molar-refractivity contribution in [2.24, 2.45) is 13.0 Å². The zero-order valence-electron chi connectivity index (χ0n) is 18.5. The summed E-state index contributed by atoms with van der Waals surface area (Å²) in [4.78, 5) is 20.6. The second-order valence-electron chi connectivity index (χ2n) is 8.89. The molecule has 6 heteroatoms. The number of rotatable bonds is 5. The summed E-state index contributed by atoms with van der Waals surface area (Å²) in [5, 5.41) is 0.852. The number of ether oxygens (including phenoxy) is 1. The molecular weight excluding hydrogens is 414 g/mol. The molecular formula is C27H25N3O3. The van der Waals surface area contributed by atoms with Crippen LogP contribution >= 0.6 is 0 Å². The third-order valence-electron chi connectivity index (χ3n) is 6.64. The number of pyridine rings is 1. The molecule has 3 aromatic heterocycles. The first-order valence-corrected chi connectivity index (χ1v) is 11.5. The Morgan fingerprint density at radius 1 is 1.09 bits per heavy atom. The largest absolute Gasteiger partial charge is 0.454 e. The average molecular weight is 440 g/mol. The molecule has 3 heterocycles. The van der Waals surface area contributed by atoms with Crippen molar-refractivity contribution < 1.29 is 9.15 Å². The zero-order valence-corrected chi connectivity index (χ0v) is 18.5. The van der Waals surface area contributed by atoms with E-state index in [0.717, 1.165) is 34.6 Å². The van der Waals surface area contributed by atoms with Crippen molar-refractivity contribution in [1.82, 2.24) is 14.5 Å². The molecule has 0 radical (unpaired) electrons. The van der Waals surface area contributed by atoms with Gasteiger partial charge in [0, 0.05) is 42.4 Å². The van der Waals surface area contributed by atoms with Crippen molar-refractivity contribution in [1.29, 1.82) is 0 Å². The standard InChI is InChI=1S/C27H25N3O3/c1-30-16-21(19-13-14-28-24(19)27(30)31)20-11-12-22-25(26(20)32-18-9-3-2-4-10-18)29-23(33-22)15-17-7-5-6-8-17/h2-4,9-14,16-17,28H,5-8,15H2,1H3. The van der Waals surface area contributed by atoms with Crippen LogP contribution in [0.4, 0.5) is 0 Å². The number of H-pyrrole nitrogens is 1. The lowest BCUT2D eigenvalue weighted by Gasteiger charge is -2.13. The summed E-state index contributed by atoms with van der Waals surface area (Å²) in [5.74, 6) is 2.77. The van der Waals surface area contributed by atoms with Crippen molar-refractivity contribution in [3.8, 4) is 22.6 Å². The highest BCUT2D eigenvalue weighted by molar-refractivity contribution is 5.99. The monoisotopic (exact) mass is 439 g/mol. The summed E-state index contributed by atoms with van der Waals surface area (Å²) in [6, 6.07) is 15.6. The van der Waals surface area contributed by atoms with Gasteiger partial charge in [0.25, 0.3) is 5.56 Å². The molecule has 0 unspecified atom stereocenters. The summed E-state index contributed by atoms with van der Waals surface area (Å²) in [7, 11) is 1.76. The molecule has 1 fully saturated rings. The molecule has 0 spiro atoms. The molecule has 1 aliphatic carbocycles. The molecule has 6 rings (SSSR count). The van der Waals surface area contributed by atoms with Crippen LogP contribution in [0.5, 0.6) is 11.5 Å². The van der Waals surface area contributed by atoms with Gasteiger partial charge in [-0.3, -0.25) is 4.79 Å². The number of hydrogen-bond donors (Lipinski definition) is 1. The summed E-state index contributed by atoms with van der Waals surface area (Å²) < 4.78 is 14.2. The van der Waals surface area contributed by atoms with Gasteiger partial charge in [0.1, 0.15) is 11.3 Å². The van der Waals surface area contributed by atoms with Gasteiger partial charge in [0.15, 0.2) is 22.7 Å². The number of nitrogens with zero attached hydrogens (tertiary/aromatic N) is 2. The molecule has 166 valence electrons. The Balaban J connectivity index is 1.55. The molecule has 1 N–H and O–H groups in total. The fraction of sp³-hybridized carbons (Fsp3) is 0.259. The van der Waals surface area contributed by atoms with E-state index in [4.69, 9.17) is 14.1 Å². The first-order valence-electron chi connectivity index (χ1n) is 11.5. The second-order valence-corrected chi connectivity index (χ2v) is 8.89. The number of para-hydroxylation sites is 1. The predicted octanol–water partition coefficient (Wildman–Crippen LogP) is 6.20. The Morgan fingerprint density at radius 2 is 1.91 bits per heavy atom. The molecule has 5 aromatic rings. The lowest BCUT2D eigenvalue weighted by atomic mass is 10.0. The van der Waals surface area contributed by atoms with Crippen molar-refractivity contribution in [3.05, 3.63) is 77.2 Å².